The van der Waals surface area contributed by atoms with E-state index < -0.39 is 33.7 Å². The van der Waals surface area contributed by atoms with Crippen LogP contribution in [-0.2, 0) is 19.0 Å². The summed E-state index contributed by atoms with van der Waals surface area (Å²) in [5.74, 6) is 0. The summed E-state index contributed by atoms with van der Waals surface area (Å²) < 4.78 is 33.4. The number of hydrogen-bond donors (Lipinski definition) is 1. The van der Waals surface area contributed by atoms with Crippen molar-refractivity contribution in [1.29, 1.82) is 0 Å². The van der Waals surface area contributed by atoms with E-state index in [-0.39, 0.29) is 6.61 Å². The molecule has 2 rings (SSSR count). The van der Waals surface area contributed by atoms with Crippen LogP contribution in [0.1, 0.15) is 24.6 Å². The lowest BCUT2D eigenvalue weighted by atomic mass is 10.2. The third-order valence-corrected chi connectivity index (χ3v) is 3.57. The normalized spacial score (nSPS) is 23.1. The number of H-pyrrole nitrogens is 1. The summed E-state index contributed by atoms with van der Waals surface area (Å²) in [6.45, 7) is 1.51. The topological polar surface area (TPSA) is 107 Å². The summed E-state index contributed by atoms with van der Waals surface area (Å²) >= 11 is 0. The van der Waals surface area contributed by atoms with Crippen LogP contribution in [-0.4, -0.2) is 36.9 Å². The zero-order valence-electron chi connectivity index (χ0n) is 11.2. The molecule has 1 aromatic heterocycles. The highest BCUT2D eigenvalue weighted by atomic mass is 32.2. The zero-order chi connectivity index (χ0) is 14.9. The maximum atomic E-state index is 11.7. The number of rotatable bonds is 4. The molecule has 2 atom stereocenters. The SMILES string of the molecule is Cc1cn(C2CCC(COS(C)(=O)=O)O2)c(=O)[nH]c1=O. The Bertz CT molecular complexity index is 704. The summed E-state index contributed by atoms with van der Waals surface area (Å²) in [5.41, 5.74) is -0.569. The van der Waals surface area contributed by atoms with Crippen LogP contribution in [0.25, 0.3) is 0 Å². The molecule has 1 saturated heterocycles. The van der Waals surface area contributed by atoms with Crippen molar-refractivity contribution in [3.63, 3.8) is 0 Å². The standard InChI is InChI=1S/C11H16N2O6S/c1-7-5-13(11(15)12-10(7)14)9-4-3-8(19-9)6-18-20(2,16)17/h5,8-9H,3-4,6H2,1-2H3,(H,12,14,15). The van der Waals surface area contributed by atoms with Crippen LogP contribution >= 0.6 is 0 Å². The van der Waals surface area contributed by atoms with Gasteiger partial charge in [0.2, 0.25) is 0 Å². The Morgan fingerprint density at radius 2 is 2.15 bits per heavy atom. The van der Waals surface area contributed by atoms with Gasteiger partial charge in [0.15, 0.2) is 0 Å². The number of ether oxygens (including phenoxy) is 1. The first-order valence-electron chi connectivity index (χ1n) is 6.08. The second-order valence-corrected chi connectivity index (χ2v) is 6.40. The van der Waals surface area contributed by atoms with Crippen LogP contribution in [0.15, 0.2) is 15.8 Å². The molecule has 1 aromatic rings. The van der Waals surface area contributed by atoms with E-state index in [1.807, 2.05) is 0 Å². The van der Waals surface area contributed by atoms with Crippen LogP contribution in [0.5, 0.6) is 0 Å². The maximum Gasteiger partial charge on any atom is 0.330 e. The molecule has 1 aliphatic heterocycles. The van der Waals surface area contributed by atoms with Crippen molar-refractivity contribution in [1.82, 2.24) is 9.55 Å². The molecule has 8 nitrogen and oxygen atoms in total. The van der Waals surface area contributed by atoms with Crippen molar-refractivity contribution in [2.75, 3.05) is 12.9 Å². The monoisotopic (exact) mass is 304 g/mol. The van der Waals surface area contributed by atoms with Gasteiger partial charge in [0.05, 0.1) is 19.0 Å². The highest BCUT2D eigenvalue weighted by Gasteiger charge is 2.28. The Labute approximate surface area is 115 Å². The van der Waals surface area contributed by atoms with Gasteiger partial charge in [-0.15, -0.1) is 0 Å². The third kappa shape index (κ3) is 3.56. The fraction of sp³-hybridized carbons (Fsp3) is 0.636. The average molecular weight is 304 g/mol. The van der Waals surface area contributed by atoms with Gasteiger partial charge in [-0.25, -0.2) is 4.79 Å². The van der Waals surface area contributed by atoms with E-state index in [0.717, 1.165) is 6.26 Å². The second kappa shape index (κ2) is 5.51. The zero-order valence-corrected chi connectivity index (χ0v) is 12.0. The summed E-state index contributed by atoms with van der Waals surface area (Å²) in [5, 5.41) is 0. The van der Waals surface area contributed by atoms with Gasteiger partial charge in [-0.2, -0.15) is 8.42 Å². The Morgan fingerprint density at radius 3 is 2.80 bits per heavy atom. The molecule has 20 heavy (non-hydrogen) atoms. The number of nitrogens with one attached hydrogen (secondary N) is 1. The molecule has 0 saturated carbocycles. The van der Waals surface area contributed by atoms with Crippen LogP contribution in [0.2, 0.25) is 0 Å². The molecule has 0 aromatic carbocycles. The Balaban J connectivity index is 2.08. The Morgan fingerprint density at radius 1 is 1.45 bits per heavy atom. The highest BCUT2D eigenvalue weighted by molar-refractivity contribution is 7.85. The predicted octanol–water partition coefficient (Wildman–Crippen LogP) is -0.501. The summed E-state index contributed by atoms with van der Waals surface area (Å²) in [4.78, 5) is 25.2. The van der Waals surface area contributed by atoms with Crippen molar-refractivity contribution in [3.8, 4) is 0 Å². The molecule has 1 N–H and O–H groups in total. The average Bonchev–Trinajstić information content (AvgIpc) is 2.79. The van der Waals surface area contributed by atoms with E-state index in [9.17, 15) is 18.0 Å². The van der Waals surface area contributed by atoms with Gasteiger partial charge in [0, 0.05) is 11.8 Å². The van der Waals surface area contributed by atoms with Gasteiger partial charge in [-0.3, -0.25) is 18.5 Å². The fourth-order valence-corrected chi connectivity index (χ4v) is 2.41. The number of aromatic amines is 1. The Kier molecular flexibility index (Phi) is 4.11. The van der Waals surface area contributed by atoms with E-state index in [0.29, 0.717) is 18.4 Å². The first-order chi connectivity index (χ1) is 9.26. The summed E-state index contributed by atoms with van der Waals surface area (Å²) in [6.07, 6.45) is 2.61. The van der Waals surface area contributed by atoms with Crippen molar-refractivity contribution < 1.29 is 17.3 Å². The number of aryl methyl sites for hydroxylation is 1. The minimum Gasteiger partial charge on any atom is -0.352 e. The predicted molar refractivity (Wildman–Crippen MR) is 70.0 cm³/mol. The van der Waals surface area contributed by atoms with Crippen molar-refractivity contribution in [2.45, 2.75) is 32.1 Å². The van der Waals surface area contributed by atoms with Gasteiger partial charge in [-0.1, -0.05) is 0 Å². The molecule has 0 spiro atoms. The van der Waals surface area contributed by atoms with Crippen molar-refractivity contribution in [3.05, 3.63) is 32.6 Å². The summed E-state index contributed by atoms with van der Waals surface area (Å²) in [7, 11) is -3.51. The third-order valence-electron chi connectivity index (χ3n) is 3.01. The minimum absolute atomic E-state index is 0.0770. The summed E-state index contributed by atoms with van der Waals surface area (Å²) in [6, 6.07) is 0. The maximum absolute atomic E-state index is 11.7. The number of nitrogens with zero attached hydrogens (tertiary/aromatic N) is 1. The molecule has 0 radical (unpaired) electrons. The molecule has 2 unspecified atom stereocenters. The molecular formula is C11H16N2O6S. The lowest BCUT2D eigenvalue weighted by Crippen LogP contribution is -2.33. The first kappa shape index (κ1) is 14.9. The van der Waals surface area contributed by atoms with Crippen LogP contribution in [0, 0.1) is 6.92 Å². The molecule has 1 aliphatic rings. The lowest BCUT2D eigenvalue weighted by Gasteiger charge is -2.15. The van der Waals surface area contributed by atoms with Crippen LogP contribution < -0.4 is 11.2 Å². The molecule has 0 bridgehead atoms. The second-order valence-electron chi connectivity index (χ2n) is 4.76. The smallest absolute Gasteiger partial charge is 0.330 e. The largest absolute Gasteiger partial charge is 0.352 e. The Hall–Kier alpha value is -1.45. The van der Waals surface area contributed by atoms with Crippen molar-refractivity contribution >= 4 is 10.1 Å². The van der Waals surface area contributed by atoms with E-state index in [1.54, 1.807) is 6.92 Å². The quantitative estimate of drug-likeness (QED) is 0.751. The molecule has 2 heterocycles. The number of hydrogen-bond acceptors (Lipinski definition) is 6. The van der Waals surface area contributed by atoms with Gasteiger partial charge in [0.25, 0.3) is 15.7 Å². The molecule has 1 fully saturated rings. The highest BCUT2D eigenvalue weighted by Crippen LogP contribution is 2.27. The lowest BCUT2D eigenvalue weighted by molar-refractivity contribution is -0.0189. The first-order valence-corrected chi connectivity index (χ1v) is 7.90. The van der Waals surface area contributed by atoms with Crippen LogP contribution in [0.4, 0.5) is 0 Å². The van der Waals surface area contributed by atoms with E-state index in [2.05, 4.69) is 9.17 Å². The van der Waals surface area contributed by atoms with Gasteiger partial charge in [0.1, 0.15) is 6.23 Å². The van der Waals surface area contributed by atoms with Crippen molar-refractivity contribution in [2.24, 2.45) is 0 Å². The van der Waals surface area contributed by atoms with Gasteiger partial charge in [-0.05, 0) is 19.8 Å². The van der Waals surface area contributed by atoms with Crippen LogP contribution in [0.3, 0.4) is 0 Å². The number of aromatic nitrogens is 2. The fourth-order valence-electron chi connectivity index (χ4n) is 2.01. The molecule has 0 amide bonds. The molecule has 112 valence electrons. The minimum atomic E-state index is -3.51. The molecule has 0 aliphatic carbocycles. The van der Waals surface area contributed by atoms with E-state index in [1.165, 1.54) is 10.8 Å². The molecule has 9 heteroatoms. The van der Waals surface area contributed by atoms with Gasteiger partial charge < -0.3 is 4.74 Å². The van der Waals surface area contributed by atoms with Gasteiger partial charge >= 0.3 is 5.69 Å². The van der Waals surface area contributed by atoms with E-state index in [4.69, 9.17) is 4.74 Å². The van der Waals surface area contributed by atoms with E-state index >= 15 is 0 Å². The molecular weight excluding hydrogens is 288 g/mol.